The molecule has 0 spiro atoms. The number of rotatable bonds is 10. The average Bonchev–Trinajstić information content (AvgIpc) is 3.40. The molecule has 4 aromatic rings. The third-order valence-electron chi connectivity index (χ3n) is 6.99. The number of ether oxygens (including phenoxy) is 2. The predicted octanol–water partition coefficient (Wildman–Crippen LogP) is 6.72. The van der Waals surface area contributed by atoms with E-state index in [2.05, 4.69) is 4.90 Å². The van der Waals surface area contributed by atoms with Crippen LogP contribution < -0.4 is 9.47 Å². The number of halogens is 1. The van der Waals surface area contributed by atoms with Crippen molar-refractivity contribution in [3.05, 3.63) is 94.7 Å². The molecule has 5 rings (SSSR count). The van der Waals surface area contributed by atoms with Gasteiger partial charge in [0.25, 0.3) is 0 Å². The number of aliphatic carboxylic acids is 1. The summed E-state index contributed by atoms with van der Waals surface area (Å²) in [5.41, 5.74) is 2.68. The van der Waals surface area contributed by atoms with Crippen LogP contribution in [0.2, 0.25) is 0 Å². The highest BCUT2D eigenvalue weighted by atomic mass is 32.2. The van der Waals surface area contributed by atoms with Crippen LogP contribution in [-0.4, -0.2) is 64.2 Å². The number of para-hydroxylation sites is 1. The first-order valence-electron chi connectivity index (χ1n) is 13.9. The van der Waals surface area contributed by atoms with Crippen LogP contribution in [-0.2, 0) is 17.1 Å². The van der Waals surface area contributed by atoms with E-state index in [9.17, 15) is 14.0 Å². The molecule has 1 atom stereocenters. The predicted molar refractivity (Wildman–Crippen MR) is 165 cm³/mol. The lowest BCUT2D eigenvalue weighted by atomic mass is 10.2. The summed E-state index contributed by atoms with van der Waals surface area (Å²) in [6.07, 6.45) is -1.28. The van der Waals surface area contributed by atoms with Gasteiger partial charge in [0.1, 0.15) is 22.3 Å². The first-order valence-corrected chi connectivity index (χ1v) is 15.7. The van der Waals surface area contributed by atoms with Crippen molar-refractivity contribution < 1.29 is 28.6 Å². The summed E-state index contributed by atoms with van der Waals surface area (Å²) in [5.74, 6) is 0.452. The molecule has 224 valence electrons. The molecular formula is C32H32FN3O5S2. The molecule has 3 aromatic carbocycles. The summed E-state index contributed by atoms with van der Waals surface area (Å²) in [7, 11) is 0. The number of aromatic nitrogens is 1. The average molecular weight is 622 g/mol. The van der Waals surface area contributed by atoms with E-state index in [-0.39, 0.29) is 11.9 Å². The fourth-order valence-corrected chi connectivity index (χ4v) is 6.70. The number of piperazine rings is 1. The van der Waals surface area contributed by atoms with Crippen molar-refractivity contribution in [3.8, 4) is 22.1 Å². The van der Waals surface area contributed by atoms with Gasteiger partial charge in [0.2, 0.25) is 0 Å². The van der Waals surface area contributed by atoms with Crippen LogP contribution >= 0.6 is 23.1 Å². The maximum atomic E-state index is 13.6. The first-order chi connectivity index (χ1) is 20.7. The lowest BCUT2D eigenvalue weighted by Crippen LogP contribution is -2.49. The molecule has 1 aromatic heterocycles. The molecule has 1 N–H and O–H groups in total. The highest BCUT2D eigenvalue weighted by Gasteiger charge is 2.25. The number of amides is 1. The molecule has 0 radical (unpaired) electrons. The van der Waals surface area contributed by atoms with Crippen molar-refractivity contribution in [3.63, 3.8) is 0 Å². The fraction of sp³-hybridized carbons (Fsp3) is 0.281. The van der Waals surface area contributed by atoms with E-state index in [1.807, 2.05) is 37.3 Å². The third-order valence-corrected chi connectivity index (χ3v) is 9.34. The van der Waals surface area contributed by atoms with E-state index in [4.69, 9.17) is 19.6 Å². The van der Waals surface area contributed by atoms with Crippen molar-refractivity contribution in [2.75, 3.05) is 26.2 Å². The molecule has 1 unspecified atom stereocenters. The second-order valence-electron chi connectivity index (χ2n) is 10.2. The third kappa shape index (κ3) is 8.13. The summed E-state index contributed by atoms with van der Waals surface area (Å²) in [5, 5.41) is 9.99. The Morgan fingerprint density at radius 3 is 2.44 bits per heavy atom. The molecule has 8 nitrogen and oxygen atoms in total. The van der Waals surface area contributed by atoms with Crippen molar-refractivity contribution >= 4 is 35.2 Å². The highest BCUT2D eigenvalue weighted by Crippen LogP contribution is 2.35. The lowest BCUT2D eigenvalue weighted by molar-refractivity contribution is -0.144. The van der Waals surface area contributed by atoms with Gasteiger partial charge < -0.3 is 19.5 Å². The topological polar surface area (TPSA) is 92.2 Å². The number of thiazole rings is 1. The number of hydrogen-bond donors (Lipinski definition) is 1. The number of thioether (sulfide) groups is 1. The van der Waals surface area contributed by atoms with Gasteiger partial charge >= 0.3 is 12.1 Å². The van der Waals surface area contributed by atoms with Crippen molar-refractivity contribution in [1.29, 1.82) is 0 Å². The number of nitrogens with zero attached hydrogens (tertiary/aromatic N) is 3. The van der Waals surface area contributed by atoms with Gasteiger partial charge in [-0.25, -0.2) is 19.0 Å². The van der Waals surface area contributed by atoms with Gasteiger partial charge in [-0.3, -0.25) is 4.90 Å². The van der Waals surface area contributed by atoms with Gasteiger partial charge in [-0.2, -0.15) is 0 Å². The number of benzene rings is 3. The van der Waals surface area contributed by atoms with Crippen LogP contribution in [0, 0.1) is 12.7 Å². The van der Waals surface area contributed by atoms with E-state index in [1.165, 1.54) is 19.1 Å². The summed E-state index contributed by atoms with van der Waals surface area (Å²) in [6.45, 7) is 6.52. The molecule has 1 aliphatic heterocycles. The molecule has 1 fully saturated rings. The van der Waals surface area contributed by atoms with Crippen LogP contribution in [0.1, 0.15) is 23.1 Å². The SMILES string of the molecule is Cc1cc(SCc2sc(-c3ccc(F)cc3)nc2CN2CCN(C(=O)Oc3ccccc3)CC2)ccc1OC(C)C(=O)O. The fourth-order valence-electron chi connectivity index (χ4n) is 4.52. The number of carboxylic acids is 1. The van der Waals surface area contributed by atoms with Crippen molar-refractivity contribution in [1.82, 2.24) is 14.8 Å². The monoisotopic (exact) mass is 621 g/mol. The van der Waals surface area contributed by atoms with E-state index in [1.54, 1.807) is 58.3 Å². The zero-order valence-electron chi connectivity index (χ0n) is 23.9. The quantitative estimate of drug-likeness (QED) is 0.195. The Balaban J connectivity index is 1.26. The Morgan fingerprint density at radius 1 is 1.05 bits per heavy atom. The van der Waals surface area contributed by atoms with E-state index >= 15 is 0 Å². The number of hydrogen-bond acceptors (Lipinski definition) is 8. The molecule has 2 heterocycles. The maximum Gasteiger partial charge on any atom is 0.415 e. The molecule has 0 saturated carbocycles. The number of aryl methyl sites for hydroxylation is 1. The van der Waals surface area contributed by atoms with Gasteiger partial charge in [-0.15, -0.1) is 23.1 Å². The van der Waals surface area contributed by atoms with E-state index < -0.39 is 12.1 Å². The Kier molecular flexibility index (Phi) is 9.96. The highest BCUT2D eigenvalue weighted by molar-refractivity contribution is 7.98. The molecule has 0 aliphatic carbocycles. The second-order valence-corrected chi connectivity index (χ2v) is 12.3. The molecule has 43 heavy (non-hydrogen) atoms. The van der Waals surface area contributed by atoms with Crippen LogP contribution in [0.25, 0.3) is 10.6 Å². The Labute approximate surface area is 258 Å². The molecule has 11 heteroatoms. The zero-order valence-corrected chi connectivity index (χ0v) is 25.5. The Hall–Kier alpha value is -3.93. The van der Waals surface area contributed by atoms with Crippen LogP contribution in [0.3, 0.4) is 0 Å². The number of carbonyl (C=O) groups is 2. The Morgan fingerprint density at radius 2 is 1.77 bits per heavy atom. The van der Waals surface area contributed by atoms with Crippen molar-refractivity contribution in [2.24, 2.45) is 0 Å². The summed E-state index contributed by atoms with van der Waals surface area (Å²) in [4.78, 5) is 34.9. The number of carboxylic acid groups (broad SMARTS) is 1. The molecule has 1 aliphatic rings. The van der Waals surface area contributed by atoms with Crippen LogP contribution in [0.15, 0.2) is 77.7 Å². The smallest absolute Gasteiger partial charge is 0.415 e. The first kappa shape index (κ1) is 30.5. The summed E-state index contributed by atoms with van der Waals surface area (Å²) < 4.78 is 24.6. The van der Waals surface area contributed by atoms with Gasteiger partial charge in [0.05, 0.1) is 5.69 Å². The van der Waals surface area contributed by atoms with Gasteiger partial charge in [0, 0.05) is 53.8 Å². The standard InChI is InChI=1S/C32H32FN3O5S2/c1-21-18-26(12-13-28(21)40-22(2)31(37)38)42-20-29-27(34-30(43-29)23-8-10-24(33)11-9-23)19-35-14-16-36(17-15-35)32(39)41-25-6-4-3-5-7-25/h3-13,18,22H,14-17,19-20H2,1-2H3,(H,37,38). The molecule has 0 bridgehead atoms. The van der Waals surface area contributed by atoms with E-state index in [0.29, 0.717) is 50.0 Å². The van der Waals surface area contributed by atoms with Gasteiger partial charge in [-0.05, 0) is 74.0 Å². The van der Waals surface area contributed by atoms with E-state index in [0.717, 1.165) is 31.6 Å². The van der Waals surface area contributed by atoms with Crippen molar-refractivity contribution in [2.45, 2.75) is 37.1 Å². The largest absolute Gasteiger partial charge is 0.479 e. The van der Waals surface area contributed by atoms with Crippen LogP contribution in [0.4, 0.5) is 9.18 Å². The minimum Gasteiger partial charge on any atom is -0.479 e. The normalized spacial score (nSPS) is 14.3. The summed E-state index contributed by atoms with van der Waals surface area (Å²) in [6, 6.07) is 21.1. The number of carbonyl (C=O) groups excluding carboxylic acids is 1. The zero-order chi connectivity index (χ0) is 30.3. The molecular weight excluding hydrogens is 590 g/mol. The lowest BCUT2D eigenvalue weighted by Gasteiger charge is -2.33. The molecule has 1 amide bonds. The van der Waals surface area contributed by atoms with Crippen LogP contribution in [0.5, 0.6) is 11.5 Å². The Bertz CT molecular complexity index is 1560. The molecule has 1 saturated heterocycles. The minimum absolute atomic E-state index is 0.291. The van der Waals surface area contributed by atoms with Gasteiger partial charge in [0.15, 0.2) is 6.10 Å². The minimum atomic E-state index is -1.01. The van der Waals surface area contributed by atoms with Gasteiger partial charge in [-0.1, -0.05) is 18.2 Å². The second kappa shape index (κ2) is 14.0. The summed E-state index contributed by atoms with van der Waals surface area (Å²) >= 11 is 3.26. The maximum absolute atomic E-state index is 13.6.